The number of hydrogen-bond donors (Lipinski definition) is 0. The summed E-state index contributed by atoms with van der Waals surface area (Å²) in [5, 5.41) is 0.465. The Kier molecular flexibility index (Phi) is 3.88. The van der Waals surface area contributed by atoms with Crippen molar-refractivity contribution in [1.29, 1.82) is 0 Å². The second-order valence-corrected chi connectivity index (χ2v) is 5.10. The third-order valence-corrected chi connectivity index (χ3v) is 3.70. The number of ether oxygens (including phenoxy) is 1. The van der Waals surface area contributed by atoms with Gasteiger partial charge in [-0.15, -0.1) is 0 Å². The molecule has 2 heterocycles. The van der Waals surface area contributed by atoms with Crippen molar-refractivity contribution in [2.24, 2.45) is 0 Å². The van der Waals surface area contributed by atoms with E-state index in [2.05, 4.69) is 9.88 Å². The maximum atomic E-state index is 11.9. The van der Waals surface area contributed by atoms with Crippen molar-refractivity contribution in [2.45, 2.75) is 25.8 Å². The summed E-state index contributed by atoms with van der Waals surface area (Å²) in [5.41, 5.74) is 2.77. The van der Waals surface area contributed by atoms with Crippen LogP contribution in [0.3, 0.4) is 0 Å². The molecule has 98 valence electrons. The highest BCUT2D eigenvalue weighted by molar-refractivity contribution is 6.30. The molecule has 2 rings (SSSR count). The van der Waals surface area contributed by atoms with Gasteiger partial charge in [-0.2, -0.15) is 0 Å². The fourth-order valence-electron chi connectivity index (χ4n) is 2.32. The molecule has 0 amide bonds. The molecule has 0 N–H and O–H groups in total. The van der Waals surface area contributed by atoms with E-state index in [0.29, 0.717) is 11.6 Å². The minimum absolute atomic E-state index is 0.237. The first-order valence-electron chi connectivity index (χ1n) is 5.95. The zero-order valence-electron chi connectivity index (χ0n) is 10.9. The van der Waals surface area contributed by atoms with Gasteiger partial charge in [-0.1, -0.05) is 11.6 Å². The van der Waals surface area contributed by atoms with Crippen LogP contribution in [0.25, 0.3) is 0 Å². The molecule has 5 heteroatoms. The van der Waals surface area contributed by atoms with Crippen molar-refractivity contribution in [3.8, 4) is 0 Å². The molecule has 0 aliphatic carbocycles. The molecule has 1 atom stereocenters. The minimum Gasteiger partial charge on any atom is -0.469 e. The highest BCUT2D eigenvalue weighted by Crippen LogP contribution is 2.30. The third kappa shape index (κ3) is 2.49. The Morgan fingerprint density at radius 3 is 3.00 bits per heavy atom. The minimum atomic E-state index is -0.312. The van der Waals surface area contributed by atoms with Gasteiger partial charge in [0.05, 0.1) is 12.8 Å². The monoisotopic (exact) mass is 268 g/mol. The molecular weight excluding hydrogens is 252 g/mol. The maximum Gasteiger partial charge on any atom is 0.314 e. The zero-order valence-corrected chi connectivity index (χ0v) is 11.6. The molecule has 18 heavy (non-hydrogen) atoms. The van der Waals surface area contributed by atoms with Gasteiger partial charge in [0, 0.05) is 6.54 Å². The first-order chi connectivity index (χ1) is 8.52. The number of aryl methyl sites for hydroxylation is 1. The van der Waals surface area contributed by atoms with Gasteiger partial charge in [-0.05, 0) is 44.1 Å². The van der Waals surface area contributed by atoms with Gasteiger partial charge in [-0.3, -0.25) is 4.79 Å². The maximum absolute atomic E-state index is 11.9. The number of pyridine rings is 1. The number of nitrogens with zero attached hydrogens (tertiary/aromatic N) is 2. The normalized spacial score (nSPS) is 20.1. The molecule has 4 nitrogen and oxygen atoms in total. The number of esters is 1. The summed E-state index contributed by atoms with van der Waals surface area (Å²) in [6.07, 6.45) is 0.711. The number of carbonyl (C=O) groups excluding carboxylic acids is 1. The standard InChI is InChI=1S/C13H17ClN2O2/c1-8-6-9-7-16(2)5-4-10(13(17)18-3)11(9)15-12(8)14/h6,10H,4-5,7H2,1-3H3. The van der Waals surface area contributed by atoms with E-state index in [1.54, 1.807) is 0 Å². The van der Waals surface area contributed by atoms with Crippen LogP contribution in [0.15, 0.2) is 6.07 Å². The van der Waals surface area contributed by atoms with Crippen LogP contribution in [-0.2, 0) is 16.1 Å². The Morgan fingerprint density at radius 2 is 2.33 bits per heavy atom. The molecule has 0 fully saturated rings. The highest BCUT2D eigenvalue weighted by atomic mass is 35.5. The Bertz CT molecular complexity index is 476. The van der Waals surface area contributed by atoms with E-state index in [9.17, 15) is 4.79 Å². The van der Waals surface area contributed by atoms with Crippen LogP contribution in [0.5, 0.6) is 0 Å². The quantitative estimate of drug-likeness (QED) is 0.578. The van der Waals surface area contributed by atoms with Crippen molar-refractivity contribution in [3.63, 3.8) is 0 Å². The topological polar surface area (TPSA) is 42.4 Å². The average molecular weight is 269 g/mol. The number of methoxy groups -OCH3 is 1. The van der Waals surface area contributed by atoms with Gasteiger partial charge in [0.1, 0.15) is 11.1 Å². The molecule has 1 aliphatic heterocycles. The number of carbonyl (C=O) groups is 1. The van der Waals surface area contributed by atoms with Crippen LogP contribution in [0.4, 0.5) is 0 Å². The van der Waals surface area contributed by atoms with E-state index >= 15 is 0 Å². The summed E-state index contributed by atoms with van der Waals surface area (Å²) >= 11 is 6.07. The molecule has 1 unspecified atom stereocenters. The largest absolute Gasteiger partial charge is 0.469 e. The van der Waals surface area contributed by atoms with Crippen molar-refractivity contribution in [1.82, 2.24) is 9.88 Å². The fourth-order valence-corrected chi connectivity index (χ4v) is 2.46. The summed E-state index contributed by atoms with van der Waals surface area (Å²) in [6.45, 7) is 3.55. The molecule has 0 spiro atoms. The Labute approximate surface area is 112 Å². The number of hydrogen-bond acceptors (Lipinski definition) is 4. The SMILES string of the molecule is COC(=O)C1CCN(C)Cc2cc(C)c(Cl)nc21. The van der Waals surface area contributed by atoms with Gasteiger partial charge in [-0.25, -0.2) is 4.98 Å². The van der Waals surface area contributed by atoms with Crippen LogP contribution in [0.1, 0.15) is 29.2 Å². The Morgan fingerprint density at radius 1 is 1.61 bits per heavy atom. The van der Waals surface area contributed by atoms with E-state index in [1.165, 1.54) is 7.11 Å². The Balaban J connectivity index is 2.50. The molecule has 1 aromatic rings. The van der Waals surface area contributed by atoms with Crippen molar-refractivity contribution >= 4 is 17.6 Å². The summed E-state index contributed by atoms with van der Waals surface area (Å²) in [6, 6.07) is 2.02. The van der Waals surface area contributed by atoms with Crippen molar-refractivity contribution in [2.75, 3.05) is 20.7 Å². The Hall–Kier alpha value is -1.13. The lowest BCUT2D eigenvalue weighted by Gasteiger charge is -2.15. The molecule has 0 saturated heterocycles. The third-order valence-electron chi connectivity index (χ3n) is 3.32. The predicted octanol–water partition coefficient (Wildman–Crippen LogP) is 2.14. The van der Waals surface area contributed by atoms with E-state index in [1.807, 2.05) is 20.0 Å². The lowest BCUT2D eigenvalue weighted by atomic mass is 9.97. The van der Waals surface area contributed by atoms with Crippen LogP contribution in [0, 0.1) is 6.92 Å². The van der Waals surface area contributed by atoms with Gasteiger partial charge < -0.3 is 9.64 Å². The molecule has 0 aromatic carbocycles. The van der Waals surface area contributed by atoms with Crippen LogP contribution in [0.2, 0.25) is 5.15 Å². The lowest BCUT2D eigenvalue weighted by Crippen LogP contribution is -2.19. The summed E-state index contributed by atoms with van der Waals surface area (Å²) in [4.78, 5) is 18.4. The van der Waals surface area contributed by atoms with E-state index in [0.717, 1.165) is 29.9 Å². The molecule has 0 saturated carbocycles. The number of fused-ring (bicyclic) bond motifs is 1. The first-order valence-corrected chi connectivity index (χ1v) is 6.33. The van der Waals surface area contributed by atoms with E-state index in [4.69, 9.17) is 16.3 Å². The molecular formula is C13H17ClN2O2. The average Bonchev–Trinajstić information content (AvgIpc) is 2.48. The van der Waals surface area contributed by atoms with Gasteiger partial charge in [0.2, 0.25) is 0 Å². The highest BCUT2D eigenvalue weighted by Gasteiger charge is 2.29. The number of rotatable bonds is 1. The van der Waals surface area contributed by atoms with Gasteiger partial charge >= 0.3 is 5.97 Å². The first kappa shape index (κ1) is 13.3. The second-order valence-electron chi connectivity index (χ2n) is 4.74. The van der Waals surface area contributed by atoms with Gasteiger partial charge in [0.15, 0.2) is 0 Å². The van der Waals surface area contributed by atoms with E-state index < -0.39 is 0 Å². The lowest BCUT2D eigenvalue weighted by molar-refractivity contribution is -0.142. The molecule has 1 aliphatic rings. The summed E-state index contributed by atoms with van der Waals surface area (Å²) in [7, 11) is 3.44. The number of aromatic nitrogens is 1. The molecule has 0 radical (unpaired) electrons. The van der Waals surface area contributed by atoms with Crippen LogP contribution < -0.4 is 0 Å². The zero-order chi connectivity index (χ0) is 13.3. The summed E-state index contributed by atoms with van der Waals surface area (Å²) in [5.74, 6) is -0.549. The molecule has 0 bridgehead atoms. The summed E-state index contributed by atoms with van der Waals surface area (Å²) < 4.78 is 4.87. The predicted molar refractivity (Wildman–Crippen MR) is 69.7 cm³/mol. The fraction of sp³-hybridized carbons (Fsp3) is 0.538. The van der Waals surface area contributed by atoms with Gasteiger partial charge in [0.25, 0.3) is 0 Å². The van der Waals surface area contributed by atoms with Crippen LogP contribution in [-0.4, -0.2) is 36.6 Å². The number of halogens is 1. The van der Waals surface area contributed by atoms with Crippen LogP contribution >= 0.6 is 11.6 Å². The van der Waals surface area contributed by atoms with Crippen molar-refractivity contribution < 1.29 is 9.53 Å². The van der Waals surface area contributed by atoms with Crippen molar-refractivity contribution in [3.05, 3.63) is 28.0 Å². The molecule has 1 aromatic heterocycles. The smallest absolute Gasteiger partial charge is 0.314 e. The second kappa shape index (κ2) is 5.24. The van der Waals surface area contributed by atoms with E-state index in [-0.39, 0.29) is 11.9 Å².